The number of carbonyl (C=O) groups is 1. The number of ether oxygens (including phenoxy) is 1. The number of benzene rings is 1. The predicted molar refractivity (Wildman–Crippen MR) is 84.0 cm³/mol. The smallest absolute Gasteiger partial charge is 0.255 e. The van der Waals surface area contributed by atoms with E-state index >= 15 is 0 Å². The molecule has 1 amide bonds. The van der Waals surface area contributed by atoms with Gasteiger partial charge in [0.15, 0.2) is 0 Å². The van der Waals surface area contributed by atoms with Crippen molar-refractivity contribution in [3.63, 3.8) is 0 Å². The number of aryl methyl sites for hydroxylation is 1. The van der Waals surface area contributed by atoms with E-state index < -0.39 is 0 Å². The summed E-state index contributed by atoms with van der Waals surface area (Å²) in [7, 11) is 1.82. The topological polar surface area (TPSA) is 56.1 Å². The van der Waals surface area contributed by atoms with E-state index in [1.165, 1.54) is 0 Å². The second-order valence-corrected chi connectivity index (χ2v) is 5.92. The molecule has 116 valence electrons. The molecule has 1 saturated heterocycles. The van der Waals surface area contributed by atoms with Crippen LogP contribution in [-0.2, 0) is 11.8 Å². The van der Waals surface area contributed by atoms with E-state index in [1.54, 1.807) is 10.9 Å². The maximum atomic E-state index is 12.4. The summed E-state index contributed by atoms with van der Waals surface area (Å²) in [6, 6.07) is 7.50. The van der Waals surface area contributed by atoms with Gasteiger partial charge in [0.25, 0.3) is 5.91 Å². The fourth-order valence-corrected chi connectivity index (χ4v) is 2.81. The van der Waals surface area contributed by atoms with Crippen LogP contribution in [0.15, 0.2) is 30.5 Å². The number of amides is 1. The lowest BCUT2D eigenvalue weighted by atomic mass is 10.0. The van der Waals surface area contributed by atoms with Gasteiger partial charge < -0.3 is 10.1 Å². The Bertz CT molecular complexity index is 681. The molecule has 2 aromatic rings. The summed E-state index contributed by atoms with van der Waals surface area (Å²) in [5.41, 5.74) is 2.47. The summed E-state index contributed by atoms with van der Waals surface area (Å²) in [6.45, 7) is 2.51. The van der Waals surface area contributed by atoms with Crippen molar-refractivity contribution in [2.75, 3.05) is 6.61 Å². The average molecular weight is 320 g/mol. The second kappa shape index (κ2) is 6.10. The third-order valence-electron chi connectivity index (χ3n) is 4.09. The molecule has 1 N–H and O–H groups in total. The van der Waals surface area contributed by atoms with E-state index in [4.69, 9.17) is 16.3 Å². The lowest BCUT2D eigenvalue weighted by Crippen LogP contribution is -2.37. The quantitative estimate of drug-likeness (QED) is 0.946. The molecule has 3 rings (SSSR count). The van der Waals surface area contributed by atoms with Crippen molar-refractivity contribution in [3.05, 3.63) is 52.3 Å². The Morgan fingerprint density at radius 3 is 2.77 bits per heavy atom. The molecule has 2 heterocycles. The molecule has 0 bridgehead atoms. The van der Waals surface area contributed by atoms with Crippen molar-refractivity contribution in [1.82, 2.24) is 15.1 Å². The van der Waals surface area contributed by atoms with Crippen LogP contribution in [0.2, 0.25) is 5.02 Å². The van der Waals surface area contributed by atoms with Crippen LogP contribution in [-0.4, -0.2) is 28.3 Å². The molecule has 1 fully saturated rings. The minimum atomic E-state index is -0.141. The van der Waals surface area contributed by atoms with Crippen molar-refractivity contribution in [2.45, 2.75) is 25.5 Å². The molecule has 1 aromatic heterocycles. The number of nitrogens with one attached hydrogen (secondary N) is 1. The van der Waals surface area contributed by atoms with Gasteiger partial charge in [0.05, 0.1) is 17.8 Å². The van der Waals surface area contributed by atoms with Gasteiger partial charge >= 0.3 is 0 Å². The highest BCUT2D eigenvalue weighted by molar-refractivity contribution is 6.30. The largest absolute Gasteiger partial charge is 0.371 e. The molecular formula is C16H18ClN3O2. The molecule has 0 unspecified atom stereocenters. The lowest BCUT2D eigenvalue weighted by Gasteiger charge is -2.20. The molecule has 5 nitrogen and oxygen atoms in total. The van der Waals surface area contributed by atoms with Gasteiger partial charge in [0.1, 0.15) is 6.10 Å². The van der Waals surface area contributed by atoms with Crippen LogP contribution in [0.3, 0.4) is 0 Å². The first-order valence-electron chi connectivity index (χ1n) is 7.23. The number of halogens is 1. The van der Waals surface area contributed by atoms with Crippen LogP contribution < -0.4 is 5.32 Å². The van der Waals surface area contributed by atoms with Crippen LogP contribution in [0.25, 0.3) is 0 Å². The summed E-state index contributed by atoms with van der Waals surface area (Å²) in [5, 5.41) is 7.86. The molecule has 2 atom stereocenters. The fourth-order valence-electron chi connectivity index (χ4n) is 2.69. The summed E-state index contributed by atoms with van der Waals surface area (Å²) in [6.07, 6.45) is 2.24. The molecule has 22 heavy (non-hydrogen) atoms. The maximum Gasteiger partial charge on any atom is 0.255 e. The summed E-state index contributed by atoms with van der Waals surface area (Å²) < 4.78 is 7.48. The third-order valence-corrected chi connectivity index (χ3v) is 4.34. The number of hydrogen-bond acceptors (Lipinski definition) is 3. The van der Waals surface area contributed by atoms with Crippen molar-refractivity contribution >= 4 is 17.5 Å². The highest BCUT2D eigenvalue weighted by atomic mass is 35.5. The van der Waals surface area contributed by atoms with Crippen LogP contribution in [0.4, 0.5) is 0 Å². The van der Waals surface area contributed by atoms with Gasteiger partial charge in [-0.25, -0.2) is 0 Å². The van der Waals surface area contributed by atoms with Crippen molar-refractivity contribution in [3.8, 4) is 0 Å². The van der Waals surface area contributed by atoms with Crippen LogP contribution >= 0.6 is 11.6 Å². The average Bonchev–Trinajstić information content (AvgIpc) is 3.08. The molecule has 1 aromatic carbocycles. The summed E-state index contributed by atoms with van der Waals surface area (Å²) in [5.74, 6) is -0.111. The summed E-state index contributed by atoms with van der Waals surface area (Å²) >= 11 is 5.92. The zero-order valence-corrected chi connectivity index (χ0v) is 13.3. The van der Waals surface area contributed by atoms with E-state index in [2.05, 4.69) is 10.4 Å². The van der Waals surface area contributed by atoms with Gasteiger partial charge in [-0.05, 0) is 31.0 Å². The monoisotopic (exact) mass is 319 g/mol. The van der Waals surface area contributed by atoms with Gasteiger partial charge in [-0.1, -0.05) is 23.7 Å². The number of nitrogens with zero attached hydrogens (tertiary/aromatic N) is 2. The first kappa shape index (κ1) is 15.1. The number of rotatable bonds is 3. The van der Waals surface area contributed by atoms with E-state index in [9.17, 15) is 4.79 Å². The van der Waals surface area contributed by atoms with Gasteiger partial charge in [-0.3, -0.25) is 9.48 Å². The third kappa shape index (κ3) is 2.87. The van der Waals surface area contributed by atoms with Gasteiger partial charge in [0.2, 0.25) is 0 Å². The maximum absolute atomic E-state index is 12.4. The Balaban J connectivity index is 1.75. The molecule has 1 aliphatic heterocycles. The zero-order chi connectivity index (χ0) is 15.7. The molecule has 0 saturated carbocycles. The minimum absolute atomic E-state index is 0.0479. The molecular weight excluding hydrogens is 302 g/mol. The van der Waals surface area contributed by atoms with Crippen LogP contribution in [0, 0.1) is 6.92 Å². The molecule has 0 aliphatic carbocycles. The number of hydrogen-bond donors (Lipinski definition) is 1. The zero-order valence-electron chi connectivity index (χ0n) is 12.5. The minimum Gasteiger partial charge on any atom is -0.371 e. The van der Waals surface area contributed by atoms with E-state index in [-0.39, 0.29) is 18.1 Å². The van der Waals surface area contributed by atoms with E-state index in [0.29, 0.717) is 17.2 Å². The lowest BCUT2D eigenvalue weighted by molar-refractivity contribution is 0.0821. The van der Waals surface area contributed by atoms with Crippen molar-refractivity contribution in [2.24, 2.45) is 7.05 Å². The van der Waals surface area contributed by atoms with E-state index in [1.807, 2.05) is 38.2 Å². The number of carbonyl (C=O) groups excluding carboxylic acids is 1. The van der Waals surface area contributed by atoms with Gasteiger partial charge in [-0.15, -0.1) is 0 Å². The fraction of sp³-hybridized carbons (Fsp3) is 0.375. The Hall–Kier alpha value is -1.85. The molecule has 0 radical (unpaired) electrons. The normalized spacial score (nSPS) is 21.0. The van der Waals surface area contributed by atoms with Crippen LogP contribution in [0.1, 0.15) is 34.1 Å². The Morgan fingerprint density at radius 1 is 1.41 bits per heavy atom. The first-order valence-corrected chi connectivity index (χ1v) is 7.60. The molecule has 1 aliphatic rings. The van der Waals surface area contributed by atoms with Gasteiger partial charge in [-0.2, -0.15) is 5.10 Å². The Labute approximate surface area is 134 Å². The second-order valence-electron chi connectivity index (χ2n) is 5.48. The Morgan fingerprint density at radius 2 is 2.14 bits per heavy atom. The highest BCUT2D eigenvalue weighted by Gasteiger charge is 2.31. The summed E-state index contributed by atoms with van der Waals surface area (Å²) in [4.78, 5) is 12.4. The predicted octanol–water partition coefficient (Wildman–Crippen LogP) is 2.64. The first-order chi connectivity index (χ1) is 10.6. The highest BCUT2D eigenvalue weighted by Crippen LogP contribution is 2.30. The standard InChI is InChI=1S/C16H18ClN3O2/c1-10-13(9-18-20(10)2)16(21)19-14-7-8-22-15(14)11-3-5-12(17)6-4-11/h3-6,9,14-15H,7-8H2,1-2H3,(H,19,21)/t14-,15-/m1/s1. The van der Waals surface area contributed by atoms with Crippen molar-refractivity contribution < 1.29 is 9.53 Å². The van der Waals surface area contributed by atoms with Crippen LogP contribution in [0.5, 0.6) is 0 Å². The SMILES string of the molecule is Cc1c(C(=O)N[C@@H]2CCO[C@@H]2c2ccc(Cl)cc2)cnn1C. The number of aromatic nitrogens is 2. The molecule has 0 spiro atoms. The van der Waals surface area contributed by atoms with Crippen molar-refractivity contribution in [1.29, 1.82) is 0 Å². The molecule has 6 heteroatoms. The van der Waals surface area contributed by atoms with E-state index in [0.717, 1.165) is 17.7 Å². The Kier molecular flexibility index (Phi) is 4.18. The van der Waals surface area contributed by atoms with Gasteiger partial charge in [0, 0.05) is 24.4 Å².